The number of nitrogens with zero attached hydrogens (tertiary/aromatic N) is 2. The summed E-state index contributed by atoms with van der Waals surface area (Å²) in [7, 11) is 1.52. The summed E-state index contributed by atoms with van der Waals surface area (Å²) in [5.41, 5.74) is 0.259. The molecule has 0 aliphatic heterocycles. The van der Waals surface area contributed by atoms with Gasteiger partial charge in [-0.25, -0.2) is 4.57 Å². The second-order valence-corrected chi connectivity index (χ2v) is 6.04. The van der Waals surface area contributed by atoms with Crippen molar-refractivity contribution in [1.29, 1.82) is 0 Å². The molecular formula is C14H20ClN3O3. The fourth-order valence-corrected chi connectivity index (χ4v) is 3.29. The summed E-state index contributed by atoms with van der Waals surface area (Å²) < 4.78 is 1.30. The van der Waals surface area contributed by atoms with E-state index in [1.807, 2.05) is 0 Å². The maximum Gasteiger partial charge on any atom is 0.323 e. The van der Waals surface area contributed by atoms with Crippen molar-refractivity contribution in [2.24, 2.45) is 12.5 Å². The van der Waals surface area contributed by atoms with Gasteiger partial charge >= 0.3 is 5.82 Å². The topological polar surface area (TPSA) is 77.2 Å². The van der Waals surface area contributed by atoms with Crippen LogP contribution in [0, 0.1) is 15.5 Å². The van der Waals surface area contributed by atoms with E-state index in [4.69, 9.17) is 11.6 Å². The predicted octanol–water partition coefficient (Wildman–Crippen LogP) is 2.85. The zero-order valence-electron chi connectivity index (χ0n) is 12.1. The van der Waals surface area contributed by atoms with Crippen molar-refractivity contribution in [3.63, 3.8) is 0 Å². The molecule has 1 aliphatic rings. The molecule has 1 amide bonds. The van der Waals surface area contributed by atoms with E-state index in [1.54, 1.807) is 0 Å². The highest BCUT2D eigenvalue weighted by atomic mass is 35.5. The number of hydrogen-bond donors (Lipinski definition) is 1. The molecule has 2 rings (SSSR count). The van der Waals surface area contributed by atoms with Crippen molar-refractivity contribution >= 4 is 23.3 Å². The molecule has 1 saturated carbocycles. The first-order chi connectivity index (χ1) is 9.99. The van der Waals surface area contributed by atoms with Crippen LogP contribution in [0.5, 0.6) is 0 Å². The van der Waals surface area contributed by atoms with Crippen LogP contribution in [0.25, 0.3) is 0 Å². The van der Waals surface area contributed by atoms with Crippen LogP contribution in [0.2, 0.25) is 0 Å². The van der Waals surface area contributed by atoms with Gasteiger partial charge in [-0.1, -0.05) is 19.3 Å². The van der Waals surface area contributed by atoms with Crippen LogP contribution >= 0.6 is 11.6 Å². The summed E-state index contributed by atoms with van der Waals surface area (Å²) in [5.74, 6) is 0.145. The third-order valence-corrected chi connectivity index (χ3v) is 4.90. The Morgan fingerprint density at radius 1 is 1.43 bits per heavy atom. The summed E-state index contributed by atoms with van der Waals surface area (Å²) in [6, 6.07) is 2.81. The van der Waals surface area contributed by atoms with Crippen molar-refractivity contribution in [1.82, 2.24) is 9.88 Å². The number of carbonyl (C=O) groups excluding carboxylic acids is 1. The Kier molecular flexibility index (Phi) is 4.88. The van der Waals surface area contributed by atoms with Gasteiger partial charge in [0.05, 0.1) is 7.05 Å². The van der Waals surface area contributed by atoms with Gasteiger partial charge in [0, 0.05) is 23.9 Å². The van der Waals surface area contributed by atoms with Crippen molar-refractivity contribution in [3.05, 3.63) is 27.9 Å². The number of carbonyl (C=O) groups is 1. The molecule has 0 aromatic carbocycles. The van der Waals surface area contributed by atoms with Crippen LogP contribution < -0.4 is 5.32 Å². The fourth-order valence-electron chi connectivity index (χ4n) is 2.93. The van der Waals surface area contributed by atoms with Gasteiger partial charge in [-0.2, -0.15) is 0 Å². The Balaban J connectivity index is 2.03. The van der Waals surface area contributed by atoms with Gasteiger partial charge in [-0.05, 0) is 23.8 Å². The minimum atomic E-state index is -0.502. The number of amides is 1. The first-order valence-electron chi connectivity index (χ1n) is 7.13. The lowest BCUT2D eigenvalue weighted by Gasteiger charge is -2.35. The maximum atomic E-state index is 12.2. The molecule has 1 aliphatic carbocycles. The van der Waals surface area contributed by atoms with E-state index in [9.17, 15) is 14.9 Å². The highest BCUT2D eigenvalue weighted by Crippen LogP contribution is 2.36. The number of rotatable bonds is 5. The van der Waals surface area contributed by atoms with Crippen LogP contribution in [0.1, 0.15) is 42.6 Å². The molecule has 1 aromatic heterocycles. The van der Waals surface area contributed by atoms with Gasteiger partial charge in [-0.15, -0.1) is 11.6 Å². The summed E-state index contributed by atoms with van der Waals surface area (Å²) in [6.45, 7) is 0.522. The number of hydrogen-bond acceptors (Lipinski definition) is 3. The molecule has 0 saturated heterocycles. The number of aromatic nitrogens is 1. The summed E-state index contributed by atoms with van der Waals surface area (Å²) in [4.78, 5) is 22.5. The Morgan fingerprint density at radius 2 is 2.10 bits per heavy atom. The average molecular weight is 314 g/mol. The molecule has 1 aromatic rings. The second-order valence-electron chi connectivity index (χ2n) is 5.77. The lowest BCUT2D eigenvalue weighted by Crippen LogP contribution is -2.40. The van der Waals surface area contributed by atoms with Crippen LogP contribution in [-0.2, 0) is 7.05 Å². The minimum absolute atomic E-state index is 0.0352. The standard InChI is InChI=1S/C14H20ClN3O3/c1-17-11(5-6-12(17)18(20)21)13(19)16-10-14(9-15)7-3-2-4-8-14/h5-6H,2-4,7-10H2,1H3,(H,16,19). The van der Waals surface area contributed by atoms with Gasteiger partial charge in [-0.3, -0.25) is 4.79 Å². The third kappa shape index (κ3) is 3.37. The number of nitrogens with one attached hydrogen (secondary N) is 1. The summed E-state index contributed by atoms with van der Waals surface area (Å²) in [5, 5.41) is 13.7. The van der Waals surface area contributed by atoms with Crippen molar-refractivity contribution < 1.29 is 9.72 Å². The Morgan fingerprint density at radius 3 is 2.62 bits per heavy atom. The lowest BCUT2D eigenvalue weighted by molar-refractivity contribution is -0.391. The van der Waals surface area contributed by atoms with E-state index in [1.165, 1.54) is 30.2 Å². The molecule has 21 heavy (non-hydrogen) atoms. The van der Waals surface area contributed by atoms with Gasteiger partial charge in [0.2, 0.25) is 0 Å². The summed E-state index contributed by atoms with van der Waals surface area (Å²) >= 11 is 6.10. The first kappa shape index (κ1) is 15.8. The average Bonchev–Trinajstić information content (AvgIpc) is 2.88. The smallest absolute Gasteiger partial charge is 0.323 e. The Labute approximate surface area is 128 Å². The van der Waals surface area contributed by atoms with Crippen molar-refractivity contribution in [2.45, 2.75) is 32.1 Å². The monoisotopic (exact) mass is 313 g/mol. The third-order valence-electron chi connectivity index (χ3n) is 4.34. The van der Waals surface area contributed by atoms with Crippen LogP contribution in [0.4, 0.5) is 5.82 Å². The highest BCUT2D eigenvalue weighted by Gasteiger charge is 2.32. The number of alkyl halides is 1. The zero-order chi connectivity index (χ0) is 15.5. The highest BCUT2D eigenvalue weighted by molar-refractivity contribution is 6.18. The molecule has 0 bridgehead atoms. The van der Waals surface area contributed by atoms with E-state index >= 15 is 0 Å². The van der Waals surface area contributed by atoms with E-state index in [-0.39, 0.29) is 17.1 Å². The van der Waals surface area contributed by atoms with E-state index in [0.717, 1.165) is 25.7 Å². The second kappa shape index (κ2) is 6.47. The molecule has 0 unspecified atom stereocenters. The van der Waals surface area contributed by atoms with E-state index < -0.39 is 4.92 Å². The number of halogens is 1. The molecule has 0 atom stereocenters. The lowest BCUT2D eigenvalue weighted by atomic mass is 9.75. The quantitative estimate of drug-likeness (QED) is 0.516. The van der Waals surface area contributed by atoms with Gasteiger partial charge in [0.15, 0.2) is 5.69 Å². The Bertz CT molecular complexity index is 536. The largest absolute Gasteiger partial charge is 0.358 e. The molecule has 1 heterocycles. The van der Waals surface area contributed by atoms with Crippen molar-refractivity contribution in [2.75, 3.05) is 12.4 Å². The molecule has 0 spiro atoms. The summed E-state index contributed by atoms with van der Waals surface area (Å²) in [6.07, 6.45) is 5.53. The predicted molar refractivity (Wildman–Crippen MR) is 80.6 cm³/mol. The Hall–Kier alpha value is -1.56. The van der Waals surface area contributed by atoms with E-state index in [0.29, 0.717) is 18.1 Å². The molecule has 1 N–H and O–H groups in total. The number of nitro groups is 1. The zero-order valence-corrected chi connectivity index (χ0v) is 12.9. The maximum absolute atomic E-state index is 12.2. The molecule has 1 fully saturated rings. The molecular weight excluding hydrogens is 294 g/mol. The molecule has 0 radical (unpaired) electrons. The SMILES string of the molecule is Cn1c(C(=O)NCC2(CCl)CCCCC2)ccc1[N+](=O)[O-]. The van der Waals surface area contributed by atoms with Crippen LogP contribution in [0.3, 0.4) is 0 Å². The normalized spacial score (nSPS) is 17.4. The molecule has 116 valence electrons. The van der Waals surface area contributed by atoms with Gasteiger partial charge < -0.3 is 15.4 Å². The van der Waals surface area contributed by atoms with Crippen molar-refractivity contribution in [3.8, 4) is 0 Å². The minimum Gasteiger partial charge on any atom is -0.358 e. The van der Waals surface area contributed by atoms with Crippen LogP contribution in [-0.4, -0.2) is 27.8 Å². The van der Waals surface area contributed by atoms with Gasteiger partial charge in [0.25, 0.3) is 5.91 Å². The van der Waals surface area contributed by atoms with Crippen LogP contribution in [0.15, 0.2) is 12.1 Å². The molecule has 6 nitrogen and oxygen atoms in total. The van der Waals surface area contributed by atoms with Gasteiger partial charge in [0.1, 0.15) is 0 Å². The fraction of sp³-hybridized carbons (Fsp3) is 0.643. The molecule has 7 heteroatoms. The first-order valence-corrected chi connectivity index (χ1v) is 7.67. The van der Waals surface area contributed by atoms with E-state index in [2.05, 4.69) is 5.32 Å².